The van der Waals surface area contributed by atoms with Crippen LogP contribution in [-0.2, 0) is 19.1 Å². The van der Waals surface area contributed by atoms with Gasteiger partial charge in [0.2, 0.25) is 0 Å². The summed E-state index contributed by atoms with van der Waals surface area (Å²) >= 11 is 0. The van der Waals surface area contributed by atoms with Gasteiger partial charge in [0, 0.05) is 24.8 Å². The summed E-state index contributed by atoms with van der Waals surface area (Å²) in [6, 6.07) is 28.5. The Hall–Kier alpha value is -5.96. The summed E-state index contributed by atoms with van der Waals surface area (Å²) in [7, 11) is 0. The highest BCUT2D eigenvalue weighted by Gasteiger charge is 2.22. The number of rotatable bonds is 17. The molecule has 0 spiro atoms. The number of hydrogen-bond donors (Lipinski definition) is 0. The van der Waals surface area contributed by atoms with E-state index >= 15 is 0 Å². The van der Waals surface area contributed by atoms with Crippen molar-refractivity contribution in [1.29, 1.82) is 0 Å². The molecule has 0 aromatic heterocycles. The summed E-state index contributed by atoms with van der Waals surface area (Å²) in [5.74, 6) is 0.440. The van der Waals surface area contributed by atoms with Crippen LogP contribution in [0.2, 0.25) is 0 Å². The molecule has 0 saturated carbocycles. The number of benzene rings is 4. The maximum absolute atomic E-state index is 12.7. The normalized spacial score (nSPS) is 12.1. The second-order valence-corrected chi connectivity index (χ2v) is 11.6. The number of ether oxygens (including phenoxy) is 4. The van der Waals surface area contributed by atoms with E-state index in [4.69, 9.17) is 18.9 Å². The maximum Gasteiger partial charge on any atom is 0.343 e. The number of hydrogen-bond acceptors (Lipinski definition) is 8. The fourth-order valence-electron chi connectivity index (χ4n) is 5.25. The minimum Gasteiger partial charge on any atom is -0.494 e. The zero-order chi connectivity index (χ0) is 35.3. The molecular weight excluding hydrogens is 634 g/mol. The Balaban J connectivity index is 1.05. The molecule has 0 fully saturated rings. The molecule has 9 nitrogen and oxygen atoms in total. The van der Waals surface area contributed by atoms with Crippen molar-refractivity contribution in [3.63, 3.8) is 0 Å². The molecule has 0 saturated heterocycles. The second kappa shape index (κ2) is 17.4. The minimum absolute atomic E-state index is 0.280. The molecule has 50 heavy (non-hydrogen) atoms. The van der Waals surface area contributed by atoms with Crippen LogP contribution in [0.15, 0.2) is 116 Å². The second-order valence-electron chi connectivity index (χ2n) is 11.6. The van der Waals surface area contributed by atoms with Crippen molar-refractivity contribution in [2.24, 2.45) is 0 Å². The molecule has 4 aromatic carbocycles. The summed E-state index contributed by atoms with van der Waals surface area (Å²) in [4.78, 5) is 48.3. The Labute approximate surface area is 291 Å². The quantitative estimate of drug-likeness (QED) is 0.0372. The lowest BCUT2D eigenvalue weighted by molar-refractivity contribution is -0.138. The van der Waals surface area contributed by atoms with Gasteiger partial charge in [0.05, 0.1) is 25.4 Å². The molecule has 9 heteroatoms. The molecule has 1 heterocycles. The van der Waals surface area contributed by atoms with Crippen molar-refractivity contribution in [2.75, 3.05) is 26.4 Å². The van der Waals surface area contributed by atoms with Gasteiger partial charge >= 0.3 is 11.9 Å². The Morgan fingerprint density at radius 3 is 1.84 bits per heavy atom. The van der Waals surface area contributed by atoms with Crippen LogP contribution in [0.4, 0.5) is 0 Å². The lowest BCUT2D eigenvalue weighted by atomic mass is 9.99. The molecule has 256 valence electrons. The Kier molecular flexibility index (Phi) is 12.3. The summed E-state index contributed by atoms with van der Waals surface area (Å²) in [6.45, 7) is 7.08. The summed E-state index contributed by atoms with van der Waals surface area (Å²) in [5, 5.41) is 0. The zero-order valence-corrected chi connectivity index (χ0v) is 28.0. The lowest BCUT2D eigenvalue weighted by Crippen LogP contribution is -2.31. The molecule has 5 rings (SSSR count). The largest absolute Gasteiger partial charge is 0.494 e. The molecule has 0 aliphatic carbocycles. The summed E-state index contributed by atoms with van der Waals surface area (Å²) in [5.41, 5.74) is 5.63. The number of amides is 2. The van der Waals surface area contributed by atoms with Gasteiger partial charge in [-0.1, -0.05) is 49.0 Å². The maximum atomic E-state index is 12.7. The average molecular weight is 674 g/mol. The van der Waals surface area contributed by atoms with Gasteiger partial charge in [0.25, 0.3) is 11.8 Å². The van der Waals surface area contributed by atoms with E-state index in [1.54, 1.807) is 36.4 Å². The third-order valence-corrected chi connectivity index (χ3v) is 8.03. The van der Waals surface area contributed by atoms with Crippen LogP contribution in [0.3, 0.4) is 0 Å². The van der Waals surface area contributed by atoms with Crippen LogP contribution in [0.25, 0.3) is 22.3 Å². The van der Waals surface area contributed by atoms with Crippen molar-refractivity contribution in [2.45, 2.75) is 32.6 Å². The van der Waals surface area contributed by atoms with Gasteiger partial charge in [-0.2, -0.15) is 0 Å². The van der Waals surface area contributed by atoms with E-state index in [-0.39, 0.29) is 11.8 Å². The SMILES string of the molecule is C=CC(=O)OCCCCOc1ccc(-c2ccc(-c3ccc(OC(=O)c4ccc(OCCCCN5C(=O)C=CC5=O)cc4)cc3)cc2)cc1C. The van der Waals surface area contributed by atoms with Gasteiger partial charge < -0.3 is 18.9 Å². The first-order valence-corrected chi connectivity index (χ1v) is 16.5. The van der Waals surface area contributed by atoms with E-state index in [1.165, 1.54) is 17.1 Å². The van der Waals surface area contributed by atoms with E-state index < -0.39 is 11.9 Å². The Morgan fingerprint density at radius 1 is 0.660 bits per heavy atom. The van der Waals surface area contributed by atoms with Crippen LogP contribution in [0, 0.1) is 6.92 Å². The topological polar surface area (TPSA) is 108 Å². The molecule has 0 unspecified atom stereocenters. The van der Waals surface area contributed by atoms with E-state index in [0.717, 1.165) is 52.5 Å². The van der Waals surface area contributed by atoms with Crippen molar-refractivity contribution in [3.8, 4) is 39.5 Å². The van der Waals surface area contributed by atoms with Gasteiger partial charge in [-0.3, -0.25) is 14.5 Å². The van der Waals surface area contributed by atoms with Gasteiger partial charge in [0.1, 0.15) is 17.2 Å². The predicted molar refractivity (Wildman–Crippen MR) is 190 cm³/mol. The van der Waals surface area contributed by atoms with Crippen LogP contribution in [0.5, 0.6) is 17.2 Å². The first-order valence-electron chi connectivity index (χ1n) is 16.5. The molecular formula is C41H39NO8. The fourth-order valence-corrected chi connectivity index (χ4v) is 5.25. The molecule has 0 bridgehead atoms. The van der Waals surface area contributed by atoms with Crippen LogP contribution in [-0.4, -0.2) is 55.0 Å². The van der Waals surface area contributed by atoms with E-state index in [9.17, 15) is 19.2 Å². The number of aryl methyl sites for hydroxylation is 1. The zero-order valence-electron chi connectivity index (χ0n) is 28.0. The van der Waals surface area contributed by atoms with E-state index in [0.29, 0.717) is 56.3 Å². The average Bonchev–Trinajstić information content (AvgIpc) is 3.46. The molecule has 1 aliphatic rings. The number of unbranched alkanes of at least 4 members (excludes halogenated alkanes) is 2. The fraction of sp³-hybridized carbons (Fsp3) is 0.220. The van der Waals surface area contributed by atoms with Gasteiger partial charge in [-0.15, -0.1) is 0 Å². The Morgan fingerprint density at radius 2 is 1.20 bits per heavy atom. The monoisotopic (exact) mass is 673 g/mol. The number of esters is 2. The molecule has 4 aromatic rings. The van der Waals surface area contributed by atoms with Gasteiger partial charge in [-0.05, 0) is 109 Å². The van der Waals surface area contributed by atoms with E-state index in [1.807, 2.05) is 31.2 Å². The number of nitrogens with zero attached hydrogens (tertiary/aromatic N) is 1. The third kappa shape index (κ3) is 9.79. The van der Waals surface area contributed by atoms with Gasteiger partial charge in [0.15, 0.2) is 0 Å². The van der Waals surface area contributed by atoms with Crippen molar-refractivity contribution >= 4 is 23.8 Å². The smallest absolute Gasteiger partial charge is 0.343 e. The predicted octanol–water partition coefficient (Wildman–Crippen LogP) is 7.52. The number of carbonyl (C=O) groups excluding carboxylic acids is 4. The van der Waals surface area contributed by atoms with E-state index in [2.05, 4.69) is 36.9 Å². The summed E-state index contributed by atoms with van der Waals surface area (Å²) < 4.78 is 22.2. The van der Waals surface area contributed by atoms with Crippen LogP contribution in [0.1, 0.15) is 41.6 Å². The Bertz CT molecular complexity index is 1830. The highest BCUT2D eigenvalue weighted by molar-refractivity contribution is 6.12. The van der Waals surface area contributed by atoms with Crippen molar-refractivity contribution < 1.29 is 38.1 Å². The number of carbonyl (C=O) groups is 4. The van der Waals surface area contributed by atoms with Crippen LogP contribution >= 0.6 is 0 Å². The molecule has 0 atom stereocenters. The molecule has 0 N–H and O–H groups in total. The highest BCUT2D eigenvalue weighted by atomic mass is 16.5. The molecule has 2 amide bonds. The lowest BCUT2D eigenvalue weighted by Gasteiger charge is -2.13. The summed E-state index contributed by atoms with van der Waals surface area (Å²) in [6.07, 6.45) is 6.53. The van der Waals surface area contributed by atoms with Gasteiger partial charge in [-0.25, -0.2) is 9.59 Å². The van der Waals surface area contributed by atoms with Crippen LogP contribution < -0.4 is 14.2 Å². The standard InChI is InChI=1S/C41H39NO8/c1-3-40(45)49-27-7-6-26-48-37-21-16-34(28-29(37)2)32-10-8-30(9-11-32)31-12-19-36(20-13-31)50-41(46)33-14-17-35(18-15-33)47-25-5-4-24-42-38(43)22-23-39(42)44/h3,8-23,28H,1,4-7,24-27H2,2H3. The minimum atomic E-state index is -0.472. The van der Waals surface area contributed by atoms with Crippen molar-refractivity contribution in [3.05, 3.63) is 127 Å². The number of imide groups is 1. The first-order chi connectivity index (χ1) is 24.3. The van der Waals surface area contributed by atoms with Crippen molar-refractivity contribution in [1.82, 2.24) is 4.90 Å². The third-order valence-electron chi connectivity index (χ3n) is 8.03. The first kappa shape index (κ1) is 35.3. The highest BCUT2D eigenvalue weighted by Crippen LogP contribution is 2.29. The molecule has 0 radical (unpaired) electrons. The molecule has 1 aliphatic heterocycles.